The second kappa shape index (κ2) is 4.54. The van der Waals surface area contributed by atoms with Gasteiger partial charge in [0.1, 0.15) is 0 Å². The van der Waals surface area contributed by atoms with Crippen LogP contribution in [0.1, 0.15) is 30.5 Å². The molecular formula is C11H13Cl2NS. The van der Waals surface area contributed by atoms with Crippen molar-refractivity contribution in [3.63, 3.8) is 0 Å². The summed E-state index contributed by atoms with van der Waals surface area (Å²) in [6, 6.07) is 3.70. The average molecular weight is 262 g/mol. The number of nitrogens with two attached hydrogens (primary N) is 1. The third-order valence-electron chi connectivity index (χ3n) is 2.72. The molecule has 0 saturated carbocycles. The lowest BCUT2D eigenvalue weighted by Crippen LogP contribution is -2.14. The quantitative estimate of drug-likeness (QED) is 0.764. The first kappa shape index (κ1) is 11.6. The Morgan fingerprint density at radius 3 is 2.73 bits per heavy atom. The predicted octanol–water partition coefficient (Wildman–Crippen LogP) is 4.02. The lowest BCUT2D eigenvalue weighted by Gasteiger charge is -2.16. The summed E-state index contributed by atoms with van der Waals surface area (Å²) in [6.45, 7) is 2.19. The van der Waals surface area contributed by atoms with Gasteiger partial charge in [-0.3, -0.25) is 0 Å². The van der Waals surface area contributed by atoms with Gasteiger partial charge in [-0.25, -0.2) is 0 Å². The van der Waals surface area contributed by atoms with Gasteiger partial charge in [0.2, 0.25) is 0 Å². The Kier molecular flexibility index (Phi) is 3.51. The molecule has 82 valence electrons. The lowest BCUT2D eigenvalue weighted by molar-refractivity contribution is 0.651. The molecule has 15 heavy (non-hydrogen) atoms. The fourth-order valence-electron chi connectivity index (χ4n) is 1.93. The van der Waals surface area contributed by atoms with Crippen LogP contribution in [0.5, 0.6) is 0 Å². The van der Waals surface area contributed by atoms with Gasteiger partial charge in [0.15, 0.2) is 0 Å². The molecule has 1 aliphatic heterocycles. The molecule has 1 heterocycles. The van der Waals surface area contributed by atoms with E-state index < -0.39 is 0 Å². The molecule has 0 bridgehead atoms. The van der Waals surface area contributed by atoms with Gasteiger partial charge in [-0.1, -0.05) is 30.1 Å². The number of hydrogen-bond acceptors (Lipinski definition) is 2. The minimum atomic E-state index is 0.0104. The van der Waals surface area contributed by atoms with E-state index in [-0.39, 0.29) is 6.04 Å². The summed E-state index contributed by atoms with van der Waals surface area (Å²) >= 11 is 14.2. The standard InChI is InChI=1S/C11H13Cl2NS/c1-6-4-10(14)11-7(5-15-6)8(12)2-3-9(11)13/h2-3,6,10H,4-5,14H2,1H3/t6?,10-/m1/s1. The fraction of sp³-hybridized carbons (Fsp3) is 0.455. The van der Waals surface area contributed by atoms with Crippen molar-refractivity contribution in [1.82, 2.24) is 0 Å². The van der Waals surface area contributed by atoms with E-state index in [0.29, 0.717) is 5.25 Å². The molecule has 0 amide bonds. The number of hydrogen-bond donors (Lipinski definition) is 1. The molecule has 1 aromatic carbocycles. The van der Waals surface area contributed by atoms with E-state index in [2.05, 4.69) is 6.92 Å². The maximum Gasteiger partial charge on any atom is 0.0457 e. The molecular weight excluding hydrogens is 249 g/mol. The molecule has 0 aromatic heterocycles. The van der Waals surface area contributed by atoms with Gasteiger partial charge in [-0.05, 0) is 29.7 Å². The Labute approximate surface area is 104 Å². The van der Waals surface area contributed by atoms with Crippen LogP contribution in [0.25, 0.3) is 0 Å². The molecule has 0 radical (unpaired) electrons. The normalized spacial score (nSPS) is 25.9. The molecule has 1 unspecified atom stereocenters. The number of thioether (sulfide) groups is 1. The number of fused-ring (bicyclic) bond motifs is 1. The monoisotopic (exact) mass is 261 g/mol. The first-order valence-corrected chi connectivity index (χ1v) is 6.74. The first-order chi connectivity index (χ1) is 7.09. The molecule has 2 rings (SSSR count). The maximum atomic E-state index is 6.18. The molecule has 0 spiro atoms. The summed E-state index contributed by atoms with van der Waals surface area (Å²) in [5.74, 6) is 0.906. The SMILES string of the molecule is CC1C[C@@H](N)c2c(Cl)ccc(Cl)c2CS1. The van der Waals surface area contributed by atoms with Gasteiger partial charge in [0.25, 0.3) is 0 Å². The maximum absolute atomic E-state index is 6.18. The number of rotatable bonds is 0. The molecule has 0 fully saturated rings. The minimum absolute atomic E-state index is 0.0104. The highest BCUT2D eigenvalue weighted by atomic mass is 35.5. The molecule has 1 nitrogen and oxygen atoms in total. The van der Waals surface area contributed by atoms with E-state index in [1.165, 1.54) is 0 Å². The topological polar surface area (TPSA) is 26.0 Å². The Morgan fingerprint density at radius 2 is 2.00 bits per heavy atom. The predicted molar refractivity (Wildman–Crippen MR) is 68.8 cm³/mol. The highest BCUT2D eigenvalue weighted by Gasteiger charge is 2.23. The van der Waals surface area contributed by atoms with Gasteiger partial charge >= 0.3 is 0 Å². The van der Waals surface area contributed by atoms with E-state index in [1.807, 2.05) is 23.9 Å². The van der Waals surface area contributed by atoms with Gasteiger partial charge in [0.05, 0.1) is 0 Å². The van der Waals surface area contributed by atoms with Crippen molar-refractivity contribution < 1.29 is 0 Å². The zero-order valence-electron chi connectivity index (χ0n) is 8.47. The van der Waals surface area contributed by atoms with Crippen LogP contribution >= 0.6 is 35.0 Å². The largest absolute Gasteiger partial charge is 0.324 e. The molecule has 2 N–H and O–H groups in total. The summed E-state index contributed by atoms with van der Waals surface area (Å²) in [7, 11) is 0. The minimum Gasteiger partial charge on any atom is -0.324 e. The smallest absolute Gasteiger partial charge is 0.0457 e. The Bertz CT molecular complexity index is 381. The van der Waals surface area contributed by atoms with Crippen LogP contribution in [0.2, 0.25) is 10.0 Å². The van der Waals surface area contributed by atoms with E-state index >= 15 is 0 Å². The molecule has 0 aliphatic carbocycles. The molecule has 0 saturated heterocycles. The van der Waals surface area contributed by atoms with Crippen molar-refractivity contribution in [1.29, 1.82) is 0 Å². The second-order valence-corrected chi connectivity index (χ2v) is 6.13. The van der Waals surface area contributed by atoms with Crippen molar-refractivity contribution >= 4 is 35.0 Å². The third-order valence-corrected chi connectivity index (χ3v) is 4.62. The van der Waals surface area contributed by atoms with E-state index in [9.17, 15) is 0 Å². The van der Waals surface area contributed by atoms with Crippen LogP contribution in [-0.2, 0) is 5.75 Å². The van der Waals surface area contributed by atoms with Crippen LogP contribution < -0.4 is 5.73 Å². The highest BCUT2D eigenvalue weighted by Crippen LogP contribution is 2.40. The van der Waals surface area contributed by atoms with Crippen LogP contribution in [0, 0.1) is 0 Å². The van der Waals surface area contributed by atoms with Crippen LogP contribution in [0.3, 0.4) is 0 Å². The molecule has 1 aliphatic rings. The first-order valence-electron chi connectivity index (χ1n) is 4.93. The highest BCUT2D eigenvalue weighted by molar-refractivity contribution is 7.99. The van der Waals surface area contributed by atoms with Crippen molar-refractivity contribution in [2.75, 3.05) is 0 Å². The third kappa shape index (κ3) is 2.28. The van der Waals surface area contributed by atoms with Gasteiger partial charge in [-0.15, -0.1) is 0 Å². The summed E-state index contributed by atoms with van der Waals surface area (Å²) in [6.07, 6.45) is 0.956. The summed E-state index contributed by atoms with van der Waals surface area (Å²) in [4.78, 5) is 0. The van der Waals surface area contributed by atoms with Gasteiger partial charge < -0.3 is 5.73 Å². The molecule has 2 atom stereocenters. The summed E-state index contributed by atoms with van der Waals surface area (Å²) in [5, 5.41) is 2.09. The van der Waals surface area contributed by atoms with Gasteiger partial charge in [-0.2, -0.15) is 11.8 Å². The summed E-state index contributed by atoms with van der Waals surface area (Å²) < 4.78 is 0. The second-order valence-electron chi connectivity index (χ2n) is 3.89. The molecule has 1 aromatic rings. The lowest BCUT2D eigenvalue weighted by atomic mass is 9.98. The van der Waals surface area contributed by atoms with Crippen molar-refractivity contribution in [2.24, 2.45) is 5.73 Å². The Balaban J connectivity index is 2.52. The van der Waals surface area contributed by atoms with E-state index in [0.717, 1.165) is 33.3 Å². The zero-order chi connectivity index (χ0) is 11.0. The van der Waals surface area contributed by atoms with Gasteiger partial charge in [0, 0.05) is 27.1 Å². The average Bonchev–Trinajstić information content (AvgIpc) is 2.32. The fourth-order valence-corrected chi connectivity index (χ4v) is 3.66. The van der Waals surface area contributed by atoms with Crippen LogP contribution in [-0.4, -0.2) is 5.25 Å². The van der Waals surface area contributed by atoms with E-state index in [4.69, 9.17) is 28.9 Å². The van der Waals surface area contributed by atoms with Crippen LogP contribution in [0.4, 0.5) is 0 Å². The molecule has 4 heteroatoms. The summed E-state index contributed by atoms with van der Waals surface area (Å²) in [5.41, 5.74) is 8.31. The Morgan fingerprint density at radius 1 is 1.33 bits per heavy atom. The Hall–Kier alpha value is 0.110. The zero-order valence-corrected chi connectivity index (χ0v) is 10.8. The van der Waals surface area contributed by atoms with Crippen LogP contribution in [0.15, 0.2) is 12.1 Å². The number of benzene rings is 1. The van der Waals surface area contributed by atoms with Crippen molar-refractivity contribution in [2.45, 2.75) is 30.4 Å². The van der Waals surface area contributed by atoms with E-state index in [1.54, 1.807) is 0 Å². The van der Waals surface area contributed by atoms with Crippen molar-refractivity contribution in [3.05, 3.63) is 33.3 Å². The number of halogens is 2. The van der Waals surface area contributed by atoms with Crippen molar-refractivity contribution in [3.8, 4) is 0 Å².